The second-order valence-corrected chi connectivity index (χ2v) is 8.66. The summed E-state index contributed by atoms with van der Waals surface area (Å²) in [5.74, 6) is 0.270. The van der Waals surface area contributed by atoms with Gasteiger partial charge < -0.3 is 10.2 Å². The number of sulfone groups is 1. The molecule has 0 spiro atoms. The van der Waals surface area contributed by atoms with E-state index in [0.29, 0.717) is 6.04 Å². The van der Waals surface area contributed by atoms with Gasteiger partial charge >= 0.3 is 0 Å². The van der Waals surface area contributed by atoms with Crippen molar-refractivity contribution in [2.75, 3.05) is 26.4 Å². The summed E-state index contributed by atoms with van der Waals surface area (Å²) >= 11 is 0. The quantitative estimate of drug-likeness (QED) is 0.850. The number of carbonyl (C=O) groups excluding carboxylic acids is 1. The lowest BCUT2D eigenvalue weighted by molar-refractivity contribution is -0.124. The zero-order valence-electron chi connectivity index (χ0n) is 13.6. The zero-order valence-corrected chi connectivity index (χ0v) is 14.5. The Labute approximate surface area is 124 Å². The summed E-state index contributed by atoms with van der Waals surface area (Å²) in [6.45, 7) is 9.15. The molecule has 0 aromatic heterocycles. The molecular weight excluding hydrogens is 276 g/mol. The van der Waals surface area contributed by atoms with Crippen LogP contribution >= 0.6 is 0 Å². The first-order chi connectivity index (χ1) is 9.05. The predicted octanol–water partition coefficient (Wildman–Crippen LogP) is 1.29. The van der Waals surface area contributed by atoms with E-state index in [1.165, 1.54) is 25.6 Å². The van der Waals surface area contributed by atoms with Crippen molar-refractivity contribution in [2.24, 2.45) is 5.92 Å². The van der Waals surface area contributed by atoms with Gasteiger partial charge in [0.1, 0.15) is 9.84 Å². The summed E-state index contributed by atoms with van der Waals surface area (Å²) in [5.41, 5.74) is 0. The van der Waals surface area contributed by atoms with Crippen LogP contribution in [0.4, 0.5) is 0 Å². The molecule has 1 amide bonds. The Morgan fingerprint density at radius 3 is 2.10 bits per heavy atom. The molecule has 0 aromatic rings. The molecule has 5 nitrogen and oxygen atoms in total. The lowest BCUT2D eigenvalue weighted by Crippen LogP contribution is -2.39. The summed E-state index contributed by atoms with van der Waals surface area (Å²) < 4.78 is 20.7. The number of hydrogen-bond donors (Lipinski definition) is 1. The normalized spacial score (nSPS) is 19.9. The van der Waals surface area contributed by atoms with Crippen molar-refractivity contribution in [3.8, 4) is 0 Å². The number of rotatable bonds is 4. The molecular formula is C14H30N2O3S. The van der Waals surface area contributed by atoms with Crippen LogP contribution in [0.15, 0.2) is 0 Å². The monoisotopic (exact) mass is 306 g/mol. The van der Waals surface area contributed by atoms with Crippen molar-refractivity contribution in [2.45, 2.75) is 51.8 Å². The van der Waals surface area contributed by atoms with Crippen LogP contribution in [-0.4, -0.2) is 56.9 Å². The van der Waals surface area contributed by atoms with Crippen LogP contribution in [-0.2, 0) is 14.6 Å². The van der Waals surface area contributed by atoms with Gasteiger partial charge in [-0.05, 0) is 40.3 Å². The van der Waals surface area contributed by atoms with E-state index < -0.39 is 9.84 Å². The van der Waals surface area contributed by atoms with E-state index in [1.54, 1.807) is 13.8 Å². The number of amides is 1. The molecule has 1 saturated heterocycles. The van der Waals surface area contributed by atoms with E-state index >= 15 is 0 Å². The van der Waals surface area contributed by atoms with Crippen molar-refractivity contribution in [3.05, 3.63) is 0 Å². The maximum absolute atomic E-state index is 11.3. The second kappa shape index (κ2) is 8.62. The molecule has 0 aliphatic carbocycles. The Morgan fingerprint density at radius 1 is 1.30 bits per heavy atom. The third-order valence-corrected chi connectivity index (χ3v) is 5.28. The molecule has 120 valence electrons. The zero-order chi connectivity index (χ0) is 15.9. The fraction of sp³-hybridized carbons (Fsp3) is 0.929. The van der Waals surface area contributed by atoms with E-state index in [-0.39, 0.29) is 17.1 Å². The summed E-state index contributed by atoms with van der Waals surface area (Å²) in [6, 6.07) is 0.558. The molecule has 1 heterocycles. The second-order valence-electron chi connectivity index (χ2n) is 6.05. The molecule has 6 heteroatoms. The lowest BCUT2D eigenvalue weighted by Gasteiger charge is -2.20. The first-order valence-electron chi connectivity index (χ1n) is 7.22. The number of likely N-dealkylation sites (N-methyl/N-ethyl adjacent to an activating group) is 1. The maximum Gasteiger partial charge on any atom is 0.222 e. The minimum atomic E-state index is -2.74. The van der Waals surface area contributed by atoms with Crippen LogP contribution in [0.5, 0.6) is 0 Å². The molecule has 1 unspecified atom stereocenters. The third kappa shape index (κ3) is 7.85. The highest BCUT2D eigenvalue weighted by molar-refractivity contribution is 7.91. The number of hydrogen-bond acceptors (Lipinski definition) is 4. The van der Waals surface area contributed by atoms with Gasteiger partial charge in [-0.25, -0.2) is 8.42 Å². The highest BCUT2D eigenvalue weighted by atomic mass is 32.2. The Morgan fingerprint density at radius 2 is 1.80 bits per heavy atom. The summed E-state index contributed by atoms with van der Waals surface area (Å²) in [6.07, 6.45) is 3.71. The van der Waals surface area contributed by atoms with E-state index in [1.807, 2.05) is 13.8 Å². The van der Waals surface area contributed by atoms with Crippen LogP contribution in [0, 0.1) is 5.92 Å². The molecule has 1 fully saturated rings. The number of carbonyl (C=O) groups is 1. The van der Waals surface area contributed by atoms with E-state index in [0.717, 1.165) is 6.54 Å². The van der Waals surface area contributed by atoms with E-state index in [9.17, 15) is 13.2 Å². The average Bonchev–Trinajstić information content (AvgIpc) is 2.71. The molecule has 1 rings (SSSR count). The first kappa shape index (κ1) is 19.4. The summed E-state index contributed by atoms with van der Waals surface area (Å²) in [4.78, 5) is 13.6. The number of nitrogens with zero attached hydrogens (tertiary/aromatic N) is 1. The molecule has 20 heavy (non-hydrogen) atoms. The minimum absolute atomic E-state index is 0.103. The fourth-order valence-corrected chi connectivity index (χ4v) is 1.66. The highest BCUT2D eigenvalue weighted by Crippen LogP contribution is 2.13. The van der Waals surface area contributed by atoms with Crippen molar-refractivity contribution in [1.82, 2.24) is 10.2 Å². The average molecular weight is 306 g/mol. The molecule has 1 N–H and O–H groups in total. The first-order valence-corrected chi connectivity index (χ1v) is 9.18. The maximum atomic E-state index is 11.3. The third-order valence-electron chi connectivity index (χ3n) is 3.56. The van der Waals surface area contributed by atoms with Gasteiger partial charge in [-0.1, -0.05) is 13.8 Å². The van der Waals surface area contributed by atoms with Gasteiger partial charge in [0.05, 0.1) is 5.25 Å². The van der Waals surface area contributed by atoms with Gasteiger partial charge in [0.15, 0.2) is 0 Å². The van der Waals surface area contributed by atoms with Crippen molar-refractivity contribution < 1.29 is 13.2 Å². The van der Waals surface area contributed by atoms with Gasteiger partial charge in [0.25, 0.3) is 0 Å². The highest BCUT2D eigenvalue weighted by Gasteiger charge is 2.21. The van der Waals surface area contributed by atoms with Crippen LogP contribution in [0.25, 0.3) is 0 Å². The fourth-order valence-electron chi connectivity index (χ4n) is 1.66. The van der Waals surface area contributed by atoms with Gasteiger partial charge in [0.2, 0.25) is 5.91 Å². The van der Waals surface area contributed by atoms with Crippen LogP contribution in [0.1, 0.15) is 40.5 Å². The van der Waals surface area contributed by atoms with Crippen LogP contribution < -0.4 is 5.32 Å². The van der Waals surface area contributed by atoms with Crippen molar-refractivity contribution in [1.29, 1.82) is 0 Å². The van der Waals surface area contributed by atoms with Crippen LogP contribution in [0.3, 0.4) is 0 Å². The SMILES string of the molecule is CC(C)C(=O)NCC1CCCN1C.CC(C)S(C)(=O)=O. The minimum Gasteiger partial charge on any atom is -0.354 e. The van der Waals surface area contributed by atoms with Gasteiger partial charge in [0, 0.05) is 24.8 Å². The summed E-state index contributed by atoms with van der Waals surface area (Å²) in [7, 11) is -0.617. The van der Waals surface area contributed by atoms with Gasteiger partial charge in [-0.2, -0.15) is 0 Å². The number of likely N-dealkylation sites (tertiary alicyclic amines) is 1. The van der Waals surface area contributed by atoms with Crippen molar-refractivity contribution in [3.63, 3.8) is 0 Å². The molecule has 0 saturated carbocycles. The predicted molar refractivity (Wildman–Crippen MR) is 83.5 cm³/mol. The Kier molecular flexibility index (Phi) is 8.35. The molecule has 0 radical (unpaired) electrons. The van der Waals surface area contributed by atoms with E-state index in [2.05, 4.69) is 17.3 Å². The Balaban J connectivity index is 0.000000441. The molecule has 0 bridgehead atoms. The smallest absolute Gasteiger partial charge is 0.222 e. The van der Waals surface area contributed by atoms with Gasteiger partial charge in [-0.15, -0.1) is 0 Å². The van der Waals surface area contributed by atoms with E-state index in [4.69, 9.17) is 0 Å². The Hall–Kier alpha value is -0.620. The van der Waals surface area contributed by atoms with Crippen molar-refractivity contribution >= 4 is 15.7 Å². The molecule has 1 aliphatic rings. The molecule has 1 atom stereocenters. The standard InChI is InChI=1S/C10H20N2O.C4H10O2S/c1-8(2)10(13)11-7-9-5-4-6-12(9)3;1-4(2)7(3,5)6/h8-9H,4-7H2,1-3H3,(H,11,13);4H,1-3H3. The van der Waals surface area contributed by atoms with Gasteiger partial charge in [-0.3, -0.25) is 4.79 Å². The molecule has 1 aliphatic heterocycles. The lowest BCUT2D eigenvalue weighted by atomic mass is 10.2. The topological polar surface area (TPSA) is 66.5 Å². The Bertz CT molecular complexity index is 391. The van der Waals surface area contributed by atoms with Crippen LogP contribution in [0.2, 0.25) is 0 Å². The largest absolute Gasteiger partial charge is 0.354 e. The number of nitrogens with one attached hydrogen (secondary N) is 1. The summed E-state index contributed by atoms with van der Waals surface area (Å²) in [5, 5.41) is 2.74. The molecule has 0 aromatic carbocycles.